The van der Waals surface area contributed by atoms with Crippen LogP contribution in [0.25, 0.3) is 0 Å². The van der Waals surface area contributed by atoms with E-state index in [9.17, 15) is 5.11 Å². The van der Waals surface area contributed by atoms with Crippen LogP contribution < -0.4 is 5.73 Å². The van der Waals surface area contributed by atoms with E-state index in [-0.39, 0.29) is 5.41 Å². The fourth-order valence-electron chi connectivity index (χ4n) is 2.84. The minimum Gasteiger partial charge on any atom is -0.388 e. The quantitative estimate of drug-likeness (QED) is 0.693. The highest BCUT2D eigenvalue weighted by Crippen LogP contribution is 2.41. The maximum absolute atomic E-state index is 10.8. The molecule has 1 fully saturated rings. The molecule has 0 aromatic carbocycles. The molecule has 2 heteroatoms. The lowest BCUT2D eigenvalue weighted by molar-refractivity contribution is -0.101. The number of rotatable bonds is 2. The predicted octanol–water partition coefficient (Wildman–Crippen LogP) is 2.69. The summed E-state index contributed by atoms with van der Waals surface area (Å²) >= 11 is 0. The summed E-state index contributed by atoms with van der Waals surface area (Å²) in [5, 5.41) is 10.8. The molecule has 1 unspecified atom stereocenters. The second-order valence-electron chi connectivity index (χ2n) is 6.07. The SMILES string of the molecule is CC(C)(C)C(O)(CN)C1CCCCCC1. The van der Waals surface area contributed by atoms with Crippen molar-refractivity contribution in [2.24, 2.45) is 17.1 Å². The molecule has 1 atom stereocenters. The van der Waals surface area contributed by atoms with Crippen LogP contribution >= 0.6 is 0 Å². The Labute approximate surface area is 94.2 Å². The zero-order valence-corrected chi connectivity index (χ0v) is 10.6. The molecule has 1 aliphatic rings. The summed E-state index contributed by atoms with van der Waals surface area (Å²) in [5.74, 6) is 0.394. The minimum atomic E-state index is -0.683. The van der Waals surface area contributed by atoms with Crippen molar-refractivity contribution in [1.82, 2.24) is 0 Å². The van der Waals surface area contributed by atoms with Gasteiger partial charge in [-0.05, 0) is 24.2 Å². The van der Waals surface area contributed by atoms with Crippen LogP contribution in [0.4, 0.5) is 0 Å². The smallest absolute Gasteiger partial charge is 0.0845 e. The van der Waals surface area contributed by atoms with Crippen LogP contribution in [-0.4, -0.2) is 17.3 Å². The maximum atomic E-state index is 10.8. The van der Waals surface area contributed by atoms with Gasteiger partial charge in [0.2, 0.25) is 0 Å². The Balaban J connectivity index is 2.79. The van der Waals surface area contributed by atoms with Crippen LogP contribution in [0.3, 0.4) is 0 Å². The molecular formula is C13H27NO. The lowest BCUT2D eigenvalue weighted by Gasteiger charge is -2.45. The number of aliphatic hydroxyl groups is 1. The Kier molecular flexibility index (Phi) is 4.19. The first-order chi connectivity index (χ1) is 6.92. The first-order valence-electron chi connectivity index (χ1n) is 6.34. The lowest BCUT2D eigenvalue weighted by atomic mass is 9.66. The summed E-state index contributed by atoms with van der Waals surface area (Å²) in [6.45, 7) is 6.70. The van der Waals surface area contributed by atoms with Crippen LogP contribution in [0, 0.1) is 11.3 Å². The van der Waals surface area contributed by atoms with Crippen molar-refractivity contribution in [2.45, 2.75) is 64.9 Å². The van der Waals surface area contributed by atoms with E-state index in [1.54, 1.807) is 0 Å². The minimum absolute atomic E-state index is 0.114. The largest absolute Gasteiger partial charge is 0.388 e. The normalized spacial score (nSPS) is 24.6. The summed E-state index contributed by atoms with van der Waals surface area (Å²) in [4.78, 5) is 0. The molecule has 0 heterocycles. The van der Waals surface area contributed by atoms with Crippen molar-refractivity contribution < 1.29 is 5.11 Å². The van der Waals surface area contributed by atoms with Gasteiger partial charge >= 0.3 is 0 Å². The fraction of sp³-hybridized carbons (Fsp3) is 1.00. The van der Waals surface area contributed by atoms with Gasteiger partial charge in [-0.2, -0.15) is 0 Å². The first-order valence-corrected chi connectivity index (χ1v) is 6.34. The molecule has 0 radical (unpaired) electrons. The van der Waals surface area contributed by atoms with E-state index >= 15 is 0 Å². The molecule has 2 nitrogen and oxygen atoms in total. The molecule has 0 aromatic heterocycles. The predicted molar refractivity (Wildman–Crippen MR) is 64.7 cm³/mol. The van der Waals surface area contributed by atoms with Crippen LogP contribution in [-0.2, 0) is 0 Å². The van der Waals surface area contributed by atoms with Gasteiger partial charge in [-0.25, -0.2) is 0 Å². The average molecular weight is 213 g/mol. The van der Waals surface area contributed by atoms with Gasteiger partial charge in [0, 0.05) is 6.54 Å². The van der Waals surface area contributed by atoms with Crippen molar-refractivity contribution >= 4 is 0 Å². The van der Waals surface area contributed by atoms with Crippen molar-refractivity contribution in [1.29, 1.82) is 0 Å². The first kappa shape index (κ1) is 13.0. The van der Waals surface area contributed by atoms with Crippen LogP contribution in [0.2, 0.25) is 0 Å². The Morgan fingerprint density at radius 2 is 1.53 bits per heavy atom. The van der Waals surface area contributed by atoms with Crippen molar-refractivity contribution in [3.05, 3.63) is 0 Å². The van der Waals surface area contributed by atoms with E-state index in [2.05, 4.69) is 20.8 Å². The lowest BCUT2D eigenvalue weighted by Crippen LogP contribution is -2.54. The van der Waals surface area contributed by atoms with Gasteiger partial charge in [0.1, 0.15) is 0 Å². The van der Waals surface area contributed by atoms with Gasteiger partial charge in [-0.3, -0.25) is 0 Å². The van der Waals surface area contributed by atoms with Crippen LogP contribution in [0.1, 0.15) is 59.3 Å². The fourth-order valence-corrected chi connectivity index (χ4v) is 2.84. The van der Waals surface area contributed by atoms with Gasteiger partial charge in [-0.15, -0.1) is 0 Å². The van der Waals surface area contributed by atoms with Gasteiger partial charge in [0.15, 0.2) is 0 Å². The van der Waals surface area contributed by atoms with Crippen molar-refractivity contribution in [2.75, 3.05) is 6.54 Å². The van der Waals surface area contributed by atoms with Crippen molar-refractivity contribution in [3.63, 3.8) is 0 Å². The van der Waals surface area contributed by atoms with E-state index in [0.717, 1.165) is 12.8 Å². The topological polar surface area (TPSA) is 46.2 Å². The third-order valence-electron chi connectivity index (χ3n) is 4.14. The molecule has 0 aromatic rings. The molecular weight excluding hydrogens is 186 g/mol. The molecule has 1 aliphatic carbocycles. The zero-order valence-electron chi connectivity index (χ0n) is 10.6. The highest BCUT2D eigenvalue weighted by molar-refractivity contribution is 4.97. The molecule has 90 valence electrons. The standard InChI is InChI=1S/C13H27NO/c1-12(2,3)13(15,10-14)11-8-6-4-5-7-9-11/h11,15H,4-10,14H2,1-3H3. The Morgan fingerprint density at radius 3 is 1.87 bits per heavy atom. The third-order valence-corrected chi connectivity index (χ3v) is 4.14. The summed E-state index contributed by atoms with van der Waals surface area (Å²) in [7, 11) is 0. The van der Waals surface area contributed by atoms with Crippen LogP contribution in [0.15, 0.2) is 0 Å². The monoisotopic (exact) mass is 213 g/mol. The molecule has 0 bridgehead atoms. The summed E-state index contributed by atoms with van der Waals surface area (Å²) in [5.41, 5.74) is 5.03. The molecule has 1 saturated carbocycles. The third kappa shape index (κ3) is 2.73. The second kappa shape index (κ2) is 4.84. The van der Waals surface area contributed by atoms with E-state index in [1.807, 2.05) is 0 Å². The van der Waals surface area contributed by atoms with E-state index in [1.165, 1.54) is 25.7 Å². The Hall–Kier alpha value is -0.0800. The summed E-state index contributed by atoms with van der Waals surface area (Å²) < 4.78 is 0. The maximum Gasteiger partial charge on any atom is 0.0845 e. The molecule has 3 N–H and O–H groups in total. The highest BCUT2D eigenvalue weighted by atomic mass is 16.3. The molecule has 0 amide bonds. The summed E-state index contributed by atoms with van der Waals surface area (Å²) in [6.07, 6.45) is 7.44. The van der Waals surface area contributed by atoms with E-state index in [0.29, 0.717) is 12.5 Å². The van der Waals surface area contributed by atoms with E-state index < -0.39 is 5.60 Å². The highest BCUT2D eigenvalue weighted by Gasteiger charge is 2.44. The molecule has 0 spiro atoms. The van der Waals surface area contributed by atoms with Gasteiger partial charge in [0.25, 0.3) is 0 Å². The molecule has 1 rings (SSSR count). The number of hydrogen-bond acceptors (Lipinski definition) is 2. The van der Waals surface area contributed by atoms with Gasteiger partial charge < -0.3 is 10.8 Å². The molecule has 15 heavy (non-hydrogen) atoms. The molecule has 0 aliphatic heterocycles. The molecule has 0 saturated heterocycles. The number of hydrogen-bond donors (Lipinski definition) is 2. The number of nitrogens with two attached hydrogens (primary N) is 1. The van der Waals surface area contributed by atoms with Gasteiger partial charge in [0.05, 0.1) is 5.60 Å². The Bertz CT molecular complexity index is 189. The average Bonchev–Trinajstić information content (AvgIpc) is 2.43. The van der Waals surface area contributed by atoms with Gasteiger partial charge in [-0.1, -0.05) is 46.5 Å². The zero-order chi connectivity index (χ0) is 11.5. The second-order valence-corrected chi connectivity index (χ2v) is 6.07. The Morgan fingerprint density at radius 1 is 1.07 bits per heavy atom. The van der Waals surface area contributed by atoms with Crippen molar-refractivity contribution in [3.8, 4) is 0 Å². The van der Waals surface area contributed by atoms with Crippen LogP contribution in [0.5, 0.6) is 0 Å². The summed E-state index contributed by atoms with van der Waals surface area (Å²) in [6, 6.07) is 0. The van der Waals surface area contributed by atoms with E-state index in [4.69, 9.17) is 5.73 Å².